The van der Waals surface area contributed by atoms with Gasteiger partial charge in [0.2, 0.25) is 0 Å². The van der Waals surface area contributed by atoms with Crippen LogP contribution in [0, 0.1) is 11.6 Å². The van der Waals surface area contributed by atoms with Gasteiger partial charge in [-0.25, -0.2) is 8.78 Å². The van der Waals surface area contributed by atoms with Gasteiger partial charge in [0.15, 0.2) is 4.80 Å². The topological polar surface area (TPSA) is 43.6 Å². The zero-order valence-corrected chi connectivity index (χ0v) is 14.1. The molecule has 0 saturated heterocycles. The normalized spacial score (nSPS) is 11.7. The Morgan fingerprint density at radius 2 is 1.96 bits per heavy atom. The molecule has 0 aliphatic rings. The van der Waals surface area contributed by atoms with Crippen LogP contribution < -0.4 is 9.54 Å². The minimum absolute atomic E-state index is 0.312. The van der Waals surface area contributed by atoms with Crippen LogP contribution in [0.3, 0.4) is 0 Å². The quantitative estimate of drug-likeness (QED) is 0.662. The van der Waals surface area contributed by atoms with E-state index < -0.39 is 23.1 Å². The lowest BCUT2D eigenvalue weighted by Crippen LogP contribution is -2.17. The molecule has 0 spiro atoms. The highest BCUT2D eigenvalue weighted by Crippen LogP contribution is 2.27. The second kappa shape index (κ2) is 6.98. The summed E-state index contributed by atoms with van der Waals surface area (Å²) < 4.78 is 35.6. The summed E-state index contributed by atoms with van der Waals surface area (Å²) in [7, 11) is 1.54. The second-order valence-electron chi connectivity index (χ2n) is 5.10. The van der Waals surface area contributed by atoms with Crippen molar-refractivity contribution in [3.63, 3.8) is 0 Å². The van der Waals surface area contributed by atoms with Crippen LogP contribution in [0.15, 0.2) is 54.0 Å². The van der Waals surface area contributed by atoms with Crippen LogP contribution in [0.2, 0.25) is 0 Å². The van der Waals surface area contributed by atoms with Gasteiger partial charge in [0, 0.05) is 6.54 Å². The minimum atomic E-state index is -0.973. The van der Waals surface area contributed by atoms with Crippen LogP contribution in [-0.2, 0) is 6.54 Å². The van der Waals surface area contributed by atoms with Crippen molar-refractivity contribution in [2.45, 2.75) is 6.54 Å². The molecule has 0 radical (unpaired) electrons. The Bertz CT molecular complexity index is 1020. The lowest BCUT2D eigenvalue weighted by Gasteiger charge is -2.06. The van der Waals surface area contributed by atoms with Crippen molar-refractivity contribution < 1.29 is 18.3 Å². The summed E-state index contributed by atoms with van der Waals surface area (Å²) in [5.74, 6) is -2.24. The van der Waals surface area contributed by atoms with Crippen molar-refractivity contribution in [2.75, 3.05) is 7.11 Å². The van der Waals surface area contributed by atoms with E-state index in [1.54, 1.807) is 23.8 Å². The third-order valence-electron chi connectivity index (χ3n) is 3.57. The second-order valence-corrected chi connectivity index (χ2v) is 6.11. The standard InChI is InChI=1S/C18H14F2N2O2S/c1-3-10-22-16-13(24-2)8-5-9-14(16)25-18(22)21-17(23)15-11(19)6-4-7-12(15)20/h3-9H,1,10H2,2H3. The molecule has 1 aromatic heterocycles. The lowest BCUT2D eigenvalue weighted by atomic mass is 10.2. The molecule has 0 atom stereocenters. The van der Waals surface area contributed by atoms with Crippen LogP contribution in [0.4, 0.5) is 8.78 Å². The highest BCUT2D eigenvalue weighted by molar-refractivity contribution is 7.16. The van der Waals surface area contributed by atoms with E-state index in [1.165, 1.54) is 17.4 Å². The highest BCUT2D eigenvalue weighted by Gasteiger charge is 2.18. The number of amides is 1. The van der Waals surface area contributed by atoms with Crippen molar-refractivity contribution in [3.05, 3.63) is 71.1 Å². The van der Waals surface area contributed by atoms with E-state index in [4.69, 9.17) is 4.74 Å². The number of rotatable bonds is 4. The number of halogens is 2. The molecule has 4 nitrogen and oxygen atoms in total. The van der Waals surface area contributed by atoms with E-state index in [1.807, 2.05) is 12.1 Å². The Kier molecular flexibility index (Phi) is 4.76. The van der Waals surface area contributed by atoms with Crippen molar-refractivity contribution in [2.24, 2.45) is 4.99 Å². The number of para-hydroxylation sites is 1. The summed E-state index contributed by atoms with van der Waals surface area (Å²) in [6.07, 6.45) is 1.64. The van der Waals surface area contributed by atoms with Crippen LogP contribution in [0.1, 0.15) is 10.4 Å². The van der Waals surface area contributed by atoms with E-state index in [9.17, 15) is 13.6 Å². The van der Waals surface area contributed by atoms with Crippen molar-refractivity contribution >= 4 is 27.5 Å². The Balaban J connectivity index is 2.24. The summed E-state index contributed by atoms with van der Waals surface area (Å²) in [6, 6.07) is 8.71. The molecule has 0 aliphatic carbocycles. The number of nitrogens with zero attached hydrogens (tertiary/aromatic N) is 2. The number of thiazole rings is 1. The molecule has 128 valence electrons. The number of hydrogen-bond acceptors (Lipinski definition) is 3. The number of ether oxygens (including phenoxy) is 1. The number of hydrogen-bond donors (Lipinski definition) is 0. The van der Waals surface area contributed by atoms with Gasteiger partial charge >= 0.3 is 0 Å². The van der Waals surface area contributed by atoms with Gasteiger partial charge in [-0.15, -0.1) is 6.58 Å². The first-order valence-electron chi connectivity index (χ1n) is 7.37. The maximum atomic E-state index is 13.8. The van der Waals surface area contributed by atoms with E-state index in [2.05, 4.69) is 11.6 Å². The maximum absolute atomic E-state index is 13.8. The van der Waals surface area contributed by atoms with Crippen LogP contribution >= 0.6 is 11.3 Å². The molecule has 0 unspecified atom stereocenters. The first-order valence-corrected chi connectivity index (χ1v) is 8.18. The molecule has 0 fully saturated rings. The molecule has 0 aliphatic heterocycles. The average Bonchev–Trinajstić information content (AvgIpc) is 2.92. The Hall–Kier alpha value is -2.80. The summed E-state index contributed by atoms with van der Waals surface area (Å²) in [5.41, 5.74) is 0.0764. The number of aromatic nitrogens is 1. The first-order chi connectivity index (χ1) is 12.1. The minimum Gasteiger partial charge on any atom is -0.495 e. The zero-order chi connectivity index (χ0) is 18.0. The van der Waals surface area contributed by atoms with Gasteiger partial charge in [-0.1, -0.05) is 29.5 Å². The summed E-state index contributed by atoms with van der Waals surface area (Å²) in [4.78, 5) is 16.6. The maximum Gasteiger partial charge on any atom is 0.285 e. The molecule has 25 heavy (non-hydrogen) atoms. The van der Waals surface area contributed by atoms with E-state index in [0.717, 1.165) is 22.3 Å². The molecule has 3 aromatic rings. The molecule has 1 amide bonds. The number of fused-ring (bicyclic) bond motifs is 1. The average molecular weight is 360 g/mol. The van der Waals surface area contributed by atoms with Gasteiger partial charge in [-0.3, -0.25) is 4.79 Å². The van der Waals surface area contributed by atoms with Crippen LogP contribution in [0.25, 0.3) is 10.2 Å². The molecule has 0 bridgehead atoms. The van der Waals surface area contributed by atoms with Crippen molar-refractivity contribution in [1.29, 1.82) is 0 Å². The lowest BCUT2D eigenvalue weighted by molar-refractivity contribution is 0.0990. The van der Waals surface area contributed by atoms with Crippen molar-refractivity contribution in [1.82, 2.24) is 4.57 Å². The first kappa shape index (κ1) is 17.0. The van der Waals surface area contributed by atoms with Crippen LogP contribution in [-0.4, -0.2) is 17.6 Å². The third-order valence-corrected chi connectivity index (χ3v) is 4.61. The number of benzene rings is 2. The number of carbonyl (C=O) groups is 1. The Morgan fingerprint density at radius 3 is 2.60 bits per heavy atom. The van der Waals surface area contributed by atoms with E-state index in [-0.39, 0.29) is 0 Å². The monoisotopic (exact) mass is 360 g/mol. The zero-order valence-electron chi connectivity index (χ0n) is 13.3. The number of allylic oxidation sites excluding steroid dienone is 1. The SMILES string of the molecule is C=CCn1c(=NC(=O)c2c(F)cccc2F)sc2cccc(OC)c21. The predicted molar refractivity (Wildman–Crippen MR) is 92.8 cm³/mol. The molecule has 1 heterocycles. The third kappa shape index (κ3) is 3.10. The molecule has 0 saturated carbocycles. The summed E-state index contributed by atoms with van der Waals surface area (Å²) in [6.45, 7) is 4.07. The fraction of sp³-hybridized carbons (Fsp3) is 0.111. The smallest absolute Gasteiger partial charge is 0.285 e. The van der Waals surface area contributed by atoms with Gasteiger partial charge < -0.3 is 9.30 Å². The Morgan fingerprint density at radius 1 is 1.28 bits per heavy atom. The number of carbonyl (C=O) groups excluding carboxylic acids is 1. The highest BCUT2D eigenvalue weighted by atomic mass is 32.1. The largest absolute Gasteiger partial charge is 0.495 e. The molecular weight excluding hydrogens is 346 g/mol. The van der Waals surface area contributed by atoms with Crippen molar-refractivity contribution in [3.8, 4) is 5.75 Å². The van der Waals surface area contributed by atoms with E-state index >= 15 is 0 Å². The van der Waals surface area contributed by atoms with Gasteiger partial charge in [0.05, 0.1) is 11.8 Å². The molecule has 0 N–H and O–H groups in total. The summed E-state index contributed by atoms with van der Waals surface area (Å²) >= 11 is 1.23. The molecule has 2 aromatic carbocycles. The van der Waals surface area contributed by atoms with Gasteiger partial charge in [0.25, 0.3) is 5.91 Å². The fourth-order valence-corrected chi connectivity index (χ4v) is 3.55. The molecule has 7 heteroatoms. The fourth-order valence-electron chi connectivity index (χ4n) is 2.49. The molecule has 3 rings (SSSR count). The molecular formula is C18H14F2N2O2S. The predicted octanol–water partition coefficient (Wildman–Crippen LogP) is 3.92. The summed E-state index contributed by atoms with van der Waals surface area (Å²) in [5, 5.41) is 0. The van der Waals surface area contributed by atoms with Crippen LogP contribution in [0.5, 0.6) is 5.75 Å². The van der Waals surface area contributed by atoms with Gasteiger partial charge in [-0.05, 0) is 24.3 Å². The van der Waals surface area contributed by atoms with Gasteiger partial charge in [0.1, 0.15) is 28.5 Å². The number of methoxy groups -OCH3 is 1. The van der Waals surface area contributed by atoms with E-state index in [0.29, 0.717) is 17.1 Å². The Labute approximate surface area is 146 Å². The van der Waals surface area contributed by atoms with Gasteiger partial charge in [-0.2, -0.15) is 4.99 Å².